The van der Waals surface area contributed by atoms with Crippen LogP contribution in [0.3, 0.4) is 0 Å². The number of hydrogen-bond acceptors (Lipinski definition) is 4. The van der Waals surface area contributed by atoms with Crippen LogP contribution in [-0.4, -0.2) is 64.7 Å². The van der Waals surface area contributed by atoms with E-state index in [4.69, 9.17) is 0 Å². The van der Waals surface area contributed by atoms with E-state index in [0.29, 0.717) is 37.3 Å². The van der Waals surface area contributed by atoms with Crippen molar-refractivity contribution in [1.82, 2.24) is 9.80 Å². The molecule has 59 heavy (non-hydrogen) atoms. The zero-order valence-electron chi connectivity index (χ0n) is 35.6. The second-order valence-electron chi connectivity index (χ2n) is 19.4. The van der Waals surface area contributed by atoms with Gasteiger partial charge in [-0.2, -0.15) is 0 Å². The summed E-state index contributed by atoms with van der Waals surface area (Å²) in [5.41, 5.74) is 8.52. The van der Waals surface area contributed by atoms with Crippen LogP contribution in [-0.2, 0) is 0 Å². The molecule has 1 saturated carbocycles. The Morgan fingerprint density at radius 1 is 0.525 bits per heavy atom. The van der Waals surface area contributed by atoms with Gasteiger partial charge in [0.1, 0.15) is 0 Å². The van der Waals surface area contributed by atoms with Gasteiger partial charge in [-0.15, -0.1) is 0 Å². The molecule has 2 aliphatic heterocycles. The number of benzene rings is 3. The number of rotatable bonds is 7. The fraction of sp³-hybridized carbons (Fsp3) is 0.423. The van der Waals surface area contributed by atoms with E-state index >= 15 is 0 Å². The van der Waals surface area contributed by atoms with Crippen molar-refractivity contribution in [1.29, 1.82) is 0 Å². The number of Topliss-reactive ketones (excluding diaryl/α,β-unsaturated/α-hetero) is 1. The quantitative estimate of drug-likeness (QED) is 0.190. The molecule has 3 aliphatic carbocycles. The molecule has 0 spiro atoms. The van der Waals surface area contributed by atoms with Crippen molar-refractivity contribution >= 4 is 34.7 Å². The fourth-order valence-corrected chi connectivity index (χ4v) is 11.5. The number of aromatic carboxylic acids is 1. The van der Waals surface area contributed by atoms with Gasteiger partial charge in [-0.05, 0) is 84.4 Å². The lowest BCUT2D eigenvalue weighted by Crippen LogP contribution is -2.49. The third-order valence-corrected chi connectivity index (χ3v) is 14.5. The Bertz CT molecular complexity index is 2320. The van der Waals surface area contributed by atoms with E-state index in [0.717, 1.165) is 55.2 Å². The van der Waals surface area contributed by atoms with E-state index in [1.165, 1.54) is 28.7 Å². The number of fused-ring (bicyclic) bond motifs is 2. The molecule has 7 nitrogen and oxygen atoms in total. The minimum absolute atomic E-state index is 0.0333. The lowest BCUT2D eigenvalue weighted by atomic mass is 9.58. The van der Waals surface area contributed by atoms with Crippen molar-refractivity contribution < 1.29 is 24.3 Å². The first kappa shape index (κ1) is 40.5. The van der Waals surface area contributed by atoms with Crippen LogP contribution in [0, 0.1) is 27.6 Å². The van der Waals surface area contributed by atoms with Gasteiger partial charge in [0.05, 0.1) is 5.56 Å². The molecule has 1 N–H and O–H groups in total. The topological polar surface area (TPSA) is 95.0 Å². The van der Waals surface area contributed by atoms with Gasteiger partial charge in [0.15, 0.2) is 5.78 Å². The molecule has 1 fully saturated rings. The first-order valence-corrected chi connectivity index (χ1v) is 21.5. The van der Waals surface area contributed by atoms with Crippen LogP contribution >= 0.6 is 0 Å². The Morgan fingerprint density at radius 3 is 1.32 bits per heavy atom. The number of allylic oxidation sites excluding steroid dienone is 4. The number of carbonyl (C=O) groups excluding carboxylic acids is 3. The predicted molar refractivity (Wildman–Crippen MR) is 234 cm³/mol. The molecule has 8 rings (SSSR count). The zero-order valence-corrected chi connectivity index (χ0v) is 35.6. The van der Waals surface area contributed by atoms with E-state index < -0.39 is 5.97 Å². The normalized spacial score (nSPS) is 25.1. The zero-order chi connectivity index (χ0) is 41.9. The van der Waals surface area contributed by atoms with Crippen molar-refractivity contribution in [2.24, 2.45) is 27.6 Å². The van der Waals surface area contributed by atoms with Gasteiger partial charge in [0.25, 0.3) is 11.8 Å². The predicted octanol–water partition coefficient (Wildman–Crippen LogP) is 11.0. The first-order valence-electron chi connectivity index (χ1n) is 21.5. The molecule has 0 saturated heterocycles. The average molecular weight is 791 g/mol. The Balaban J connectivity index is 0.918. The van der Waals surface area contributed by atoms with Gasteiger partial charge in [-0.25, -0.2) is 4.79 Å². The highest BCUT2D eigenvalue weighted by atomic mass is 16.4. The van der Waals surface area contributed by atoms with E-state index in [9.17, 15) is 24.3 Å². The maximum atomic E-state index is 14.0. The van der Waals surface area contributed by atoms with Crippen LogP contribution in [0.15, 0.2) is 108 Å². The fourth-order valence-electron chi connectivity index (χ4n) is 11.5. The van der Waals surface area contributed by atoms with E-state index in [1.54, 1.807) is 36.4 Å². The summed E-state index contributed by atoms with van der Waals surface area (Å²) in [5, 5.41) is 9.37. The Kier molecular flexibility index (Phi) is 10.3. The van der Waals surface area contributed by atoms with E-state index in [-0.39, 0.29) is 50.7 Å². The number of ketones is 1. The molecule has 7 heteroatoms. The second-order valence-corrected chi connectivity index (χ2v) is 19.4. The molecule has 3 aromatic carbocycles. The summed E-state index contributed by atoms with van der Waals surface area (Å²) in [6.07, 6.45) is 16.2. The van der Waals surface area contributed by atoms with Crippen molar-refractivity contribution in [3.05, 3.63) is 142 Å². The monoisotopic (exact) mass is 790 g/mol. The number of hydrogen-bond donors (Lipinski definition) is 1. The molecule has 2 amide bonds. The Labute approximate surface area is 349 Å². The number of amides is 2. The molecule has 0 aromatic heterocycles. The highest BCUT2D eigenvalue weighted by Crippen LogP contribution is 2.57. The van der Waals surface area contributed by atoms with E-state index in [2.05, 4.69) is 78.0 Å². The van der Waals surface area contributed by atoms with Gasteiger partial charge in [-0.1, -0.05) is 133 Å². The number of carboxylic acid groups (broad SMARTS) is 1. The average Bonchev–Trinajstić information content (AvgIpc) is 3.22. The molecule has 0 unspecified atom stereocenters. The molecule has 3 aromatic rings. The summed E-state index contributed by atoms with van der Waals surface area (Å²) in [7, 11) is 0. The van der Waals surface area contributed by atoms with Crippen molar-refractivity contribution in [2.75, 3.05) is 26.2 Å². The van der Waals surface area contributed by atoms with Crippen LogP contribution in [0.25, 0.3) is 11.1 Å². The maximum Gasteiger partial charge on any atom is 0.335 e. The third kappa shape index (κ3) is 7.25. The summed E-state index contributed by atoms with van der Waals surface area (Å²) in [6, 6.07) is 22.5. The lowest BCUT2D eigenvalue weighted by molar-refractivity contribution is 0.0672. The number of carbonyl (C=O) groups is 4. The minimum Gasteiger partial charge on any atom is -0.478 e. The van der Waals surface area contributed by atoms with Gasteiger partial charge in [-0.3, -0.25) is 14.4 Å². The number of nitrogens with zero attached hydrogens (tertiary/aromatic N) is 2. The largest absolute Gasteiger partial charge is 0.478 e. The van der Waals surface area contributed by atoms with Crippen molar-refractivity contribution in [3.63, 3.8) is 0 Å². The van der Waals surface area contributed by atoms with Gasteiger partial charge < -0.3 is 14.9 Å². The van der Waals surface area contributed by atoms with E-state index in [1.807, 2.05) is 34.1 Å². The minimum atomic E-state index is -0.936. The van der Waals surface area contributed by atoms with Crippen molar-refractivity contribution in [3.8, 4) is 0 Å². The van der Waals surface area contributed by atoms with Crippen LogP contribution in [0.5, 0.6) is 0 Å². The summed E-state index contributed by atoms with van der Waals surface area (Å²) < 4.78 is 0. The van der Waals surface area contributed by atoms with Crippen LogP contribution < -0.4 is 0 Å². The Morgan fingerprint density at radius 2 is 0.915 bits per heavy atom. The number of carboxylic acids is 1. The third-order valence-electron chi connectivity index (χ3n) is 14.5. The summed E-state index contributed by atoms with van der Waals surface area (Å²) in [6.45, 7) is 15.7. The molecule has 2 heterocycles. The van der Waals surface area contributed by atoms with Gasteiger partial charge in [0, 0.05) is 70.4 Å². The second kappa shape index (κ2) is 15.1. The summed E-state index contributed by atoms with van der Waals surface area (Å²) in [5.74, 6) is -0.569. The van der Waals surface area contributed by atoms with Crippen LogP contribution in [0.1, 0.15) is 139 Å². The summed E-state index contributed by atoms with van der Waals surface area (Å²) >= 11 is 0. The van der Waals surface area contributed by atoms with Crippen LogP contribution in [0.4, 0.5) is 0 Å². The molecule has 306 valence electrons. The molecular formula is C52H58N2O5. The molecular weight excluding hydrogens is 733 g/mol. The van der Waals surface area contributed by atoms with Gasteiger partial charge >= 0.3 is 5.97 Å². The molecule has 5 aliphatic rings. The highest BCUT2D eigenvalue weighted by Gasteiger charge is 2.48. The lowest BCUT2D eigenvalue weighted by Gasteiger charge is -2.50. The van der Waals surface area contributed by atoms with Crippen LogP contribution in [0.2, 0.25) is 0 Å². The molecule has 0 radical (unpaired) electrons. The molecule has 2 atom stereocenters. The van der Waals surface area contributed by atoms with Gasteiger partial charge in [0.2, 0.25) is 0 Å². The smallest absolute Gasteiger partial charge is 0.335 e. The first-order chi connectivity index (χ1) is 28.0. The van der Waals surface area contributed by atoms with Crippen molar-refractivity contribution in [2.45, 2.75) is 86.5 Å². The maximum absolute atomic E-state index is 14.0. The summed E-state index contributed by atoms with van der Waals surface area (Å²) in [4.78, 5) is 56.4. The standard InChI is InChI=1S/C52H58N2O5/c1-49(2)41(34-12-16-37(17-13-34)45(55)36-10-8-7-9-11-36)24-28-51(5)32-53(30-26-43(49)51)46(56)38-18-20-39(21-19-38)47(57)54-31-27-44-50(3,4)42(25-29-52(44,6)33-54)35-14-22-40(23-15-35)48(58)59/h12-27,36H,7-11,28-33H2,1-6H3,(H,58,59)/t51-,52-/m1/s1. The SMILES string of the molecule is CC1(C)C(c2ccc(C(=O)O)cc2)=CC[C@]2(C)CN(C(=O)c3ccc(C(=O)N4CC=C5C(C)(C)C(c6ccc(C(=O)C7CCCCC7)cc6)=CC[C@]5(C)C4)cc3)CC=C12. The highest BCUT2D eigenvalue weighted by molar-refractivity contribution is 5.99. The molecule has 0 bridgehead atoms. The Hall–Kier alpha value is -5.30.